The summed E-state index contributed by atoms with van der Waals surface area (Å²) < 4.78 is 7.73. The number of nitrogens with one attached hydrogen (secondary N) is 1. The summed E-state index contributed by atoms with van der Waals surface area (Å²) in [5.41, 5.74) is 1.28. The van der Waals surface area contributed by atoms with Crippen molar-refractivity contribution in [3.8, 4) is 5.75 Å². The highest BCUT2D eigenvalue weighted by molar-refractivity contribution is 5.20. The zero-order valence-corrected chi connectivity index (χ0v) is 13.0. The molecule has 0 saturated carbocycles. The number of hydrogen-bond acceptors (Lipinski definition) is 3. The lowest BCUT2D eigenvalue weighted by atomic mass is 10.1. The van der Waals surface area contributed by atoms with Crippen LogP contribution in [-0.2, 0) is 13.5 Å². The molecular formula is C17H25N3O. The molecule has 0 fully saturated rings. The fourth-order valence-electron chi connectivity index (χ4n) is 2.44. The molecular weight excluding hydrogens is 262 g/mol. The average molecular weight is 287 g/mol. The third-order valence-corrected chi connectivity index (χ3v) is 3.64. The van der Waals surface area contributed by atoms with E-state index in [1.807, 2.05) is 48.3 Å². The Morgan fingerprint density at radius 2 is 2.00 bits per heavy atom. The molecule has 0 aliphatic rings. The maximum Gasteiger partial charge on any atom is 0.119 e. The molecule has 1 heterocycles. The zero-order chi connectivity index (χ0) is 14.9. The second-order valence-electron chi connectivity index (χ2n) is 5.19. The average Bonchev–Trinajstić information content (AvgIpc) is 2.91. The summed E-state index contributed by atoms with van der Waals surface area (Å²) in [6.45, 7) is 3.88. The van der Waals surface area contributed by atoms with Gasteiger partial charge in [0, 0.05) is 25.0 Å². The van der Waals surface area contributed by atoms with Crippen LogP contribution in [0.2, 0.25) is 0 Å². The highest BCUT2D eigenvalue weighted by atomic mass is 16.5. The maximum atomic E-state index is 5.79. The minimum Gasteiger partial charge on any atom is -0.494 e. The first kappa shape index (κ1) is 15.6. The molecule has 2 aromatic rings. The highest BCUT2D eigenvalue weighted by Gasteiger charge is 2.09. The lowest BCUT2D eigenvalue weighted by Gasteiger charge is -2.18. The van der Waals surface area contributed by atoms with Crippen molar-refractivity contribution in [3.05, 3.63) is 48.3 Å². The minimum absolute atomic E-state index is 0.480. The van der Waals surface area contributed by atoms with Crippen LogP contribution in [0.5, 0.6) is 5.75 Å². The molecule has 1 aromatic carbocycles. The first-order chi connectivity index (χ1) is 10.3. The summed E-state index contributed by atoms with van der Waals surface area (Å²) in [6.07, 6.45) is 5.02. The molecule has 0 spiro atoms. The summed E-state index contributed by atoms with van der Waals surface area (Å²) in [7, 11) is 2.00. The largest absolute Gasteiger partial charge is 0.494 e. The van der Waals surface area contributed by atoms with E-state index in [4.69, 9.17) is 4.74 Å². The zero-order valence-electron chi connectivity index (χ0n) is 13.0. The molecule has 0 radical (unpaired) electrons. The molecule has 1 atom stereocenters. The standard InChI is InChI=1S/C17H25N3O/c1-3-18-15(9-10-16-11-13-19-20(16)2)12-14-21-17-7-5-4-6-8-17/h4-8,11,13,15,18H,3,9-10,12,14H2,1-2H3. The van der Waals surface area contributed by atoms with E-state index >= 15 is 0 Å². The third kappa shape index (κ3) is 5.23. The van der Waals surface area contributed by atoms with Gasteiger partial charge in [-0.2, -0.15) is 5.10 Å². The van der Waals surface area contributed by atoms with Gasteiger partial charge in [-0.15, -0.1) is 0 Å². The van der Waals surface area contributed by atoms with Crippen LogP contribution < -0.4 is 10.1 Å². The van der Waals surface area contributed by atoms with E-state index < -0.39 is 0 Å². The van der Waals surface area contributed by atoms with Gasteiger partial charge < -0.3 is 10.1 Å². The van der Waals surface area contributed by atoms with Crippen molar-refractivity contribution in [1.29, 1.82) is 0 Å². The molecule has 0 aliphatic heterocycles. The molecule has 1 unspecified atom stereocenters. The van der Waals surface area contributed by atoms with Gasteiger partial charge in [0.1, 0.15) is 5.75 Å². The molecule has 0 amide bonds. The number of aryl methyl sites for hydroxylation is 2. The number of nitrogens with zero attached hydrogens (tertiary/aromatic N) is 2. The van der Waals surface area contributed by atoms with Crippen LogP contribution in [0.15, 0.2) is 42.6 Å². The van der Waals surface area contributed by atoms with Crippen LogP contribution in [0.1, 0.15) is 25.5 Å². The Kier molecular flexibility index (Phi) is 6.28. The number of benzene rings is 1. The van der Waals surface area contributed by atoms with Gasteiger partial charge in [0.2, 0.25) is 0 Å². The van der Waals surface area contributed by atoms with Gasteiger partial charge in [-0.05, 0) is 44.0 Å². The maximum absolute atomic E-state index is 5.79. The van der Waals surface area contributed by atoms with Gasteiger partial charge in [-0.3, -0.25) is 4.68 Å². The Balaban J connectivity index is 1.75. The summed E-state index contributed by atoms with van der Waals surface area (Å²) >= 11 is 0. The van der Waals surface area contributed by atoms with Crippen LogP contribution in [0, 0.1) is 0 Å². The Labute approximate surface area is 127 Å². The fraction of sp³-hybridized carbons (Fsp3) is 0.471. The van der Waals surface area contributed by atoms with Crippen molar-refractivity contribution in [1.82, 2.24) is 15.1 Å². The van der Waals surface area contributed by atoms with Gasteiger partial charge in [-0.1, -0.05) is 25.1 Å². The van der Waals surface area contributed by atoms with E-state index in [2.05, 4.69) is 23.4 Å². The fourth-order valence-corrected chi connectivity index (χ4v) is 2.44. The van der Waals surface area contributed by atoms with Crippen LogP contribution in [0.4, 0.5) is 0 Å². The molecule has 4 nitrogen and oxygen atoms in total. The van der Waals surface area contributed by atoms with E-state index in [1.165, 1.54) is 5.69 Å². The van der Waals surface area contributed by atoms with Gasteiger partial charge >= 0.3 is 0 Å². The molecule has 4 heteroatoms. The van der Waals surface area contributed by atoms with Crippen molar-refractivity contribution in [2.75, 3.05) is 13.2 Å². The summed E-state index contributed by atoms with van der Waals surface area (Å²) in [6, 6.07) is 12.6. The van der Waals surface area contributed by atoms with E-state index in [9.17, 15) is 0 Å². The smallest absolute Gasteiger partial charge is 0.119 e. The Bertz CT molecular complexity index is 510. The van der Waals surface area contributed by atoms with Gasteiger partial charge in [0.15, 0.2) is 0 Å². The van der Waals surface area contributed by atoms with Crippen LogP contribution in [0.3, 0.4) is 0 Å². The van der Waals surface area contributed by atoms with Crippen molar-refractivity contribution < 1.29 is 4.74 Å². The van der Waals surface area contributed by atoms with Crippen molar-refractivity contribution >= 4 is 0 Å². The van der Waals surface area contributed by atoms with Crippen molar-refractivity contribution in [3.63, 3.8) is 0 Å². The summed E-state index contributed by atoms with van der Waals surface area (Å²) in [4.78, 5) is 0. The van der Waals surface area contributed by atoms with Gasteiger partial charge in [0.05, 0.1) is 6.61 Å². The Morgan fingerprint density at radius 3 is 2.67 bits per heavy atom. The predicted octanol–water partition coefficient (Wildman–Crippen LogP) is 2.80. The van der Waals surface area contributed by atoms with Crippen LogP contribution >= 0.6 is 0 Å². The number of ether oxygens (including phenoxy) is 1. The van der Waals surface area contributed by atoms with E-state index in [0.29, 0.717) is 6.04 Å². The first-order valence-corrected chi connectivity index (χ1v) is 7.67. The lowest BCUT2D eigenvalue weighted by molar-refractivity contribution is 0.281. The summed E-state index contributed by atoms with van der Waals surface area (Å²) in [5.74, 6) is 0.944. The second kappa shape index (κ2) is 8.47. The molecule has 21 heavy (non-hydrogen) atoms. The lowest BCUT2D eigenvalue weighted by Crippen LogP contribution is -2.31. The van der Waals surface area contributed by atoms with E-state index in [0.717, 1.165) is 38.2 Å². The monoisotopic (exact) mass is 287 g/mol. The third-order valence-electron chi connectivity index (χ3n) is 3.64. The second-order valence-corrected chi connectivity index (χ2v) is 5.19. The van der Waals surface area contributed by atoms with Crippen LogP contribution in [0.25, 0.3) is 0 Å². The quantitative estimate of drug-likeness (QED) is 0.771. The molecule has 2 rings (SSSR count). The Morgan fingerprint density at radius 1 is 1.19 bits per heavy atom. The van der Waals surface area contributed by atoms with Crippen molar-refractivity contribution in [2.45, 2.75) is 32.2 Å². The molecule has 1 N–H and O–H groups in total. The van der Waals surface area contributed by atoms with E-state index in [1.54, 1.807) is 0 Å². The SMILES string of the molecule is CCNC(CCOc1ccccc1)CCc1ccnn1C. The topological polar surface area (TPSA) is 39.1 Å². The normalized spacial score (nSPS) is 12.3. The molecule has 1 aromatic heterocycles. The number of hydrogen-bond donors (Lipinski definition) is 1. The molecule has 0 saturated heterocycles. The highest BCUT2D eigenvalue weighted by Crippen LogP contribution is 2.11. The minimum atomic E-state index is 0.480. The van der Waals surface area contributed by atoms with Crippen LogP contribution in [-0.4, -0.2) is 29.0 Å². The molecule has 0 aliphatic carbocycles. The van der Waals surface area contributed by atoms with Gasteiger partial charge in [0.25, 0.3) is 0 Å². The molecule has 0 bridgehead atoms. The van der Waals surface area contributed by atoms with E-state index in [-0.39, 0.29) is 0 Å². The Hall–Kier alpha value is -1.81. The predicted molar refractivity (Wildman–Crippen MR) is 85.5 cm³/mol. The van der Waals surface area contributed by atoms with Crippen molar-refractivity contribution in [2.24, 2.45) is 7.05 Å². The summed E-state index contributed by atoms with van der Waals surface area (Å²) in [5, 5.41) is 7.76. The van der Waals surface area contributed by atoms with Gasteiger partial charge in [-0.25, -0.2) is 0 Å². The first-order valence-electron chi connectivity index (χ1n) is 7.67. The number of para-hydroxylation sites is 1. The molecule has 114 valence electrons. The number of aromatic nitrogens is 2. The number of rotatable bonds is 9.